The maximum Gasteiger partial charge on any atom is 0.312 e. The topological polar surface area (TPSA) is 37.4 Å². The van der Waals surface area contributed by atoms with Crippen LogP contribution in [0.15, 0.2) is 64.4 Å². The van der Waals surface area contributed by atoms with Crippen molar-refractivity contribution in [3.05, 3.63) is 60.2 Å². The van der Waals surface area contributed by atoms with Crippen LogP contribution in [-0.4, -0.2) is 29.9 Å². The Morgan fingerprint density at radius 3 is 2.20 bits per heavy atom. The van der Waals surface area contributed by atoms with Crippen molar-refractivity contribution in [1.82, 2.24) is 4.90 Å². The summed E-state index contributed by atoms with van der Waals surface area (Å²) in [5, 5.41) is 0. The first-order valence-corrected chi connectivity index (χ1v) is 9.12. The van der Waals surface area contributed by atoms with E-state index in [0.29, 0.717) is 25.9 Å². The summed E-state index contributed by atoms with van der Waals surface area (Å²) >= 11 is 1.53. The lowest BCUT2D eigenvalue weighted by Gasteiger charge is -2.39. The van der Waals surface area contributed by atoms with Gasteiger partial charge in [0.2, 0.25) is 5.91 Å². The lowest BCUT2D eigenvalue weighted by Crippen LogP contribution is -2.47. The van der Waals surface area contributed by atoms with Crippen LogP contribution in [-0.2, 0) is 15.0 Å². The summed E-state index contributed by atoms with van der Waals surface area (Å²) in [4.78, 5) is 27.2. The van der Waals surface area contributed by atoms with E-state index in [1.54, 1.807) is 4.90 Å². The molecule has 0 aromatic heterocycles. The van der Waals surface area contributed by atoms with Gasteiger partial charge in [0.15, 0.2) is 0 Å². The van der Waals surface area contributed by atoms with Gasteiger partial charge < -0.3 is 4.90 Å². The van der Waals surface area contributed by atoms with Crippen LogP contribution in [0.4, 0.5) is 4.39 Å². The van der Waals surface area contributed by atoms with Gasteiger partial charge in [0.05, 0.1) is 5.41 Å². The summed E-state index contributed by atoms with van der Waals surface area (Å²) in [6.45, 7) is 2.30. The Kier molecular flexibility index (Phi) is 5.23. The zero-order valence-electron chi connectivity index (χ0n) is 14.1. The number of halogens is 1. The van der Waals surface area contributed by atoms with E-state index in [2.05, 4.69) is 0 Å². The fourth-order valence-electron chi connectivity index (χ4n) is 3.34. The molecule has 3 rings (SSSR count). The van der Waals surface area contributed by atoms with Crippen molar-refractivity contribution in [3.63, 3.8) is 0 Å². The van der Waals surface area contributed by atoms with Crippen LogP contribution in [0, 0.1) is 0 Å². The number of nitrogens with zero attached hydrogens (tertiary/aromatic N) is 1. The van der Waals surface area contributed by atoms with Crippen LogP contribution in [0.2, 0.25) is 0 Å². The van der Waals surface area contributed by atoms with E-state index in [1.807, 2.05) is 54.6 Å². The molecule has 0 radical (unpaired) electrons. The Morgan fingerprint density at radius 1 is 1.00 bits per heavy atom. The van der Waals surface area contributed by atoms with Gasteiger partial charge in [-0.05, 0) is 36.6 Å². The summed E-state index contributed by atoms with van der Waals surface area (Å²) < 4.78 is 14.2. The van der Waals surface area contributed by atoms with E-state index in [1.165, 1.54) is 18.7 Å². The zero-order chi connectivity index (χ0) is 17.9. The minimum atomic E-state index is -1.31. The summed E-state index contributed by atoms with van der Waals surface area (Å²) in [6.07, 6.45) is 0.628. The fraction of sp³-hybridized carbons (Fsp3) is 0.300. The molecule has 0 saturated carbocycles. The molecule has 1 aliphatic rings. The summed E-state index contributed by atoms with van der Waals surface area (Å²) in [5.41, 5.74) is -0.441. The number of hydrogen-bond donors (Lipinski definition) is 0. The Balaban J connectivity index is 1.96. The largest absolute Gasteiger partial charge is 0.343 e. The summed E-state index contributed by atoms with van der Waals surface area (Å²) in [7, 11) is 0. The number of carbonyl (C=O) groups is 2. The van der Waals surface area contributed by atoms with Crippen molar-refractivity contribution in [2.75, 3.05) is 13.1 Å². The Bertz CT molecular complexity index is 770. The van der Waals surface area contributed by atoms with E-state index >= 15 is 0 Å². The lowest BCUT2D eigenvalue weighted by molar-refractivity contribution is -0.141. The van der Waals surface area contributed by atoms with Gasteiger partial charge in [0, 0.05) is 29.8 Å². The quantitative estimate of drug-likeness (QED) is 0.769. The molecule has 1 heterocycles. The monoisotopic (exact) mass is 357 g/mol. The second-order valence-electron chi connectivity index (χ2n) is 6.27. The van der Waals surface area contributed by atoms with Gasteiger partial charge in [0.1, 0.15) is 0 Å². The predicted octanol–water partition coefficient (Wildman–Crippen LogP) is 4.21. The number of carbonyl (C=O) groups excluding carboxylic acids is 2. The van der Waals surface area contributed by atoms with Crippen molar-refractivity contribution < 1.29 is 14.0 Å². The van der Waals surface area contributed by atoms with Gasteiger partial charge in [-0.2, -0.15) is 4.39 Å². The average molecular weight is 357 g/mol. The van der Waals surface area contributed by atoms with Crippen LogP contribution in [0.1, 0.15) is 25.3 Å². The molecule has 130 valence electrons. The van der Waals surface area contributed by atoms with Crippen molar-refractivity contribution in [2.24, 2.45) is 0 Å². The fourth-order valence-corrected chi connectivity index (χ4v) is 4.41. The highest BCUT2D eigenvalue weighted by molar-refractivity contribution is 7.99. The molecule has 5 heteroatoms. The number of rotatable bonds is 4. The molecule has 2 aromatic carbocycles. The molecular formula is C20H20FNO2S. The van der Waals surface area contributed by atoms with Crippen LogP contribution >= 0.6 is 11.8 Å². The molecule has 1 saturated heterocycles. The van der Waals surface area contributed by atoms with Gasteiger partial charge in [-0.25, -0.2) is 0 Å². The lowest BCUT2D eigenvalue weighted by atomic mass is 9.73. The second kappa shape index (κ2) is 7.40. The first kappa shape index (κ1) is 17.7. The summed E-state index contributed by atoms with van der Waals surface area (Å²) in [6, 6.07) is 16.0. The number of amides is 1. The third kappa shape index (κ3) is 3.61. The molecule has 0 N–H and O–H groups in total. The van der Waals surface area contributed by atoms with Crippen LogP contribution in [0.3, 0.4) is 0 Å². The normalized spacial score (nSPS) is 16.5. The number of hydrogen-bond acceptors (Lipinski definition) is 3. The van der Waals surface area contributed by atoms with Crippen molar-refractivity contribution in [2.45, 2.75) is 35.0 Å². The van der Waals surface area contributed by atoms with Crippen molar-refractivity contribution >= 4 is 23.7 Å². The Labute approximate surface area is 151 Å². The highest BCUT2D eigenvalue weighted by Gasteiger charge is 2.45. The molecule has 25 heavy (non-hydrogen) atoms. The second-order valence-corrected chi connectivity index (χ2v) is 7.39. The highest BCUT2D eigenvalue weighted by atomic mass is 32.2. The van der Waals surface area contributed by atoms with E-state index in [9.17, 15) is 14.0 Å². The average Bonchev–Trinajstić information content (AvgIpc) is 2.63. The van der Waals surface area contributed by atoms with Crippen LogP contribution in [0.5, 0.6) is 0 Å². The zero-order valence-corrected chi connectivity index (χ0v) is 14.9. The van der Waals surface area contributed by atoms with E-state index in [-0.39, 0.29) is 5.91 Å². The third-order valence-electron chi connectivity index (χ3n) is 4.81. The molecule has 0 bridgehead atoms. The van der Waals surface area contributed by atoms with Crippen molar-refractivity contribution in [1.29, 1.82) is 0 Å². The highest BCUT2D eigenvalue weighted by Crippen LogP contribution is 2.43. The summed E-state index contributed by atoms with van der Waals surface area (Å²) in [5.74, 6) is -0.0353. The third-order valence-corrected chi connectivity index (χ3v) is 5.90. The van der Waals surface area contributed by atoms with Crippen LogP contribution in [0.25, 0.3) is 0 Å². The van der Waals surface area contributed by atoms with Gasteiger partial charge in [0.25, 0.3) is 0 Å². The first-order chi connectivity index (χ1) is 12.0. The van der Waals surface area contributed by atoms with Gasteiger partial charge >= 0.3 is 6.04 Å². The Morgan fingerprint density at radius 2 is 1.60 bits per heavy atom. The van der Waals surface area contributed by atoms with Crippen LogP contribution < -0.4 is 0 Å². The molecule has 2 aromatic rings. The van der Waals surface area contributed by atoms with Gasteiger partial charge in [-0.1, -0.05) is 48.2 Å². The molecule has 0 atom stereocenters. The maximum absolute atomic E-state index is 14.2. The molecule has 1 aliphatic heterocycles. The van der Waals surface area contributed by atoms with E-state index < -0.39 is 11.5 Å². The molecular weight excluding hydrogens is 337 g/mol. The van der Waals surface area contributed by atoms with E-state index in [0.717, 1.165) is 15.4 Å². The van der Waals surface area contributed by atoms with Gasteiger partial charge in [-0.3, -0.25) is 9.59 Å². The number of benzene rings is 2. The standard InChI is InChI=1S/C20H20FNO2S/c1-15(23)22-13-11-20(12-14-22,19(21)24)17-9-5-6-10-18(17)25-16-7-3-2-4-8-16/h2-10H,11-14H2,1H3. The van der Waals surface area contributed by atoms with E-state index in [4.69, 9.17) is 0 Å². The molecule has 0 aliphatic carbocycles. The Hall–Kier alpha value is -2.14. The number of likely N-dealkylation sites (tertiary alicyclic amines) is 1. The molecule has 1 fully saturated rings. The smallest absolute Gasteiger partial charge is 0.312 e. The minimum Gasteiger partial charge on any atom is -0.343 e. The molecule has 0 spiro atoms. The molecule has 1 amide bonds. The number of piperidine rings is 1. The molecule has 3 nitrogen and oxygen atoms in total. The SMILES string of the molecule is CC(=O)N1CCC(C(=O)F)(c2ccccc2Sc2ccccc2)CC1. The first-order valence-electron chi connectivity index (χ1n) is 8.31. The minimum absolute atomic E-state index is 0.0353. The van der Waals surface area contributed by atoms with Crippen molar-refractivity contribution in [3.8, 4) is 0 Å². The predicted molar refractivity (Wildman–Crippen MR) is 96.3 cm³/mol. The molecule has 0 unspecified atom stereocenters. The maximum atomic E-state index is 14.2. The van der Waals surface area contributed by atoms with Gasteiger partial charge in [-0.15, -0.1) is 0 Å².